The van der Waals surface area contributed by atoms with E-state index in [1.165, 1.54) is 0 Å². The molecule has 1 aromatic carbocycles. The summed E-state index contributed by atoms with van der Waals surface area (Å²) in [6.07, 6.45) is 1.12. The summed E-state index contributed by atoms with van der Waals surface area (Å²) >= 11 is 12.0. The maximum atomic E-state index is 6.05. The van der Waals surface area contributed by atoms with E-state index in [1.54, 1.807) is 6.07 Å². The summed E-state index contributed by atoms with van der Waals surface area (Å²) < 4.78 is 5.30. The van der Waals surface area contributed by atoms with Crippen LogP contribution in [0.1, 0.15) is 6.42 Å². The van der Waals surface area contributed by atoms with E-state index in [-0.39, 0.29) is 0 Å². The Hall–Kier alpha value is -0.440. The van der Waals surface area contributed by atoms with Gasteiger partial charge in [0.15, 0.2) is 0 Å². The van der Waals surface area contributed by atoms with Crippen molar-refractivity contribution < 1.29 is 4.74 Å². The van der Waals surface area contributed by atoms with E-state index in [1.807, 2.05) is 12.1 Å². The van der Waals surface area contributed by atoms with Gasteiger partial charge in [0.2, 0.25) is 0 Å². The summed E-state index contributed by atoms with van der Waals surface area (Å²) in [5, 5.41) is 4.48. The molecule has 1 heterocycles. The Morgan fingerprint density at radius 3 is 3.00 bits per heavy atom. The van der Waals surface area contributed by atoms with Crippen molar-refractivity contribution in [1.82, 2.24) is 0 Å². The van der Waals surface area contributed by atoms with Crippen LogP contribution >= 0.6 is 23.2 Å². The average Bonchev–Trinajstić information content (AvgIpc) is 2.73. The standard InChI is InChI=1S/C11H13Cl2NO/c12-9-2-1-3-10(11(9)13)14-6-8-4-5-15-7-8/h1-3,8,14H,4-7H2. The van der Waals surface area contributed by atoms with E-state index >= 15 is 0 Å². The third-order valence-corrected chi connectivity index (χ3v) is 3.38. The van der Waals surface area contributed by atoms with Crippen LogP contribution in [0.3, 0.4) is 0 Å². The SMILES string of the molecule is Clc1cccc(NCC2CCOC2)c1Cl. The lowest BCUT2D eigenvalue weighted by molar-refractivity contribution is 0.187. The van der Waals surface area contributed by atoms with Crippen molar-refractivity contribution in [3.63, 3.8) is 0 Å². The average molecular weight is 246 g/mol. The molecule has 4 heteroatoms. The minimum Gasteiger partial charge on any atom is -0.383 e. The molecule has 1 atom stereocenters. The van der Waals surface area contributed by atoms with Crippen LogP contribution < -0.4 is 5.32 Å². The van der Waals surface area contributed by atoms with Gasteiger partial charge in [0.25, 0.3) is 0 Å². The second-order valence-corrected chi connectivity index (χ2v) is 4.50. The lowest BCUT2D eigenvalue weighted by Gasteiger charge is -2.12. The van der Waals surface area contributed by atoms with E-state index in [9.17, 15) is 0 Å². The summed E-state index contributed by atoms with van der Waals surface area (Å²) in [7, 11) is 0. The number of hydrogen-bond donors (Lipinski definition) is 1. The first-order valence-corrected chi connectivity index (χ1v) is 5.78. The van der Waals surface area contributed by atoms with Crippen LogP contribution in [0.4, 0.5) is 5.69 Å². The van der Waals surface area contributed by atoms with Crippen LogP contribution in [-0.2, 0) is 4.74 Å². The van der Waals surface area contributed by atoms with Gasteiger partial charge in [-0.15, -0.1) is 0 Å². The van der Waals surface area contributed by atoms with Crippen molar-refractivity contribution >= 4 is 28.9 Å². The maximum absolute atomic E-state index is 6.05. The van der Waals surface area contributed by atoms with Gasteiger partial charge in [-0.3, -0.25) is 0 Å². The number of hydrogen-bond acceptors (Lipinski definition) is 2. The molecule has 0 spiro atoms. The molecule has 1 fully saturated rings. The van der Waals surface area contributed by atoms with Crippen molar-refractivity contribution in [2.24, 2.45) is 5.92 Å². The zero-order chi connectivity index (χ0) is 10.7. The van der Waals surface area contributed by atoms with Crippen LogP contribution in [0.25, 0.3) is 0 Å². The number of anilines is 1. The minimum absolute atomic E-state index is 0.583. The highest BCUT2D eigenvalue weighted by molar-refractivity contribution is 6.43. The molecule has 0 bridgehead atoms. The highest BCUT2D eigenvalue weighted by Gasteiger charge is 2.15. The topological polar surface area (TPSA) is 21.3 Å². The molecule has 1 aromatic rings. The van der Waals surface area contributed by atoms with Gasteiger partial charge >= 0.3 is 0 Å². The largest absolute Gasteiger partial charge is 0.383 e. The van der Waals surface area contributed by atoms with Crippen molar-refractivity contribution in [2.45, 2.75) is 6.42 Å². The molecule has 1 unspecified atom stereocenters. The van der Waals surface area contributed by atoms with Gasteiger partial charge < -0.3 is 10.1 Å². The normalized spacial score (nSPS) is 20.5. The van der Waals surface area contributed by atoms with Gasteiger partial charge in [-0.25, -0.2) is 0 Å². The van der Waals surface area contributed by atoms with Crippen LogP contribution in [0.2, 0.25) is 10.0 Å². The zero-order valence-electron chi connectivity index (χ0n) is 8.30. The van der Waals surface area contributed by atoms with E-state index in [4.69, 9.17) is 27.9 Å². The molecule has 82 valence electrons. The molecular formula is C11H13Cl2NO. The number of benzene rings is 1. The van der Waals surface area contributed by atoms with Gasteiger partial charge in [0.05, 0.1) is 22.3 Å². The van der Waals surface area contributed by atoms with Crippen LogP contribution in [0, 0.1) is 5.92 Å². The van der Waals surface area contributed by atoms with Gasteiger partial charge in [-0.05, 0) is 18.6 Å². The molecule has 1 aliphatic rings. The second-order valence-electron chi connectivity index (χ2n) is 3.71. The van der Waals surface area contributed by atoms with Crippen molar-refractivity contribution in [1.29, 1.82) is 0 Å². The third kappa shape index (κ3) is 2.77. The summed E-state index contributed by atoms with van der Waals surface area (Å²) in [4.78, 5) is 0. The highest BCUT2D eigenvalue weighted by Crippen LogP contribution is 2.29. The Morgan fingerprint density at radius 2 is 2.27 bits per heavy atom. The van der Waals surface area contributed by atoms with E-state index < -0.39 is 0 Å². The van der Waals surface area contributed by atoms with Crippen molar-refractivity contribution in [3.05, 3.63) is 28.2 Å². The summed E-state index contributed by atoms with van der Waals surface area (Å²) in [6.45, 7) is 2.60. The molecule has 2 nitrogen and oxygen atoms in total. The fourth-order valence-electron chi connectivity index (χ4n) is 1.64. The lowest BCUT2D eigenvalue weighted by atomic mass is 10.1. The first-order valence-electron chi connectivity index (χ1n) is 5.03. The second kappa shape index (κ2) is 5.06. The van der Waals surface area contributed by atoms with Crippen molar-refractivity contribution in [2.75, 3.05) is 25.1 Å². The minimum atomic E-state index is 0.583. The molecule has 15 heavy (non-hydrogen) atoms. The predicted octanol–water partition coefficient (Wildman–Crippen LogP) is 3.44. The van der Waals surface area contributed by atoms with E-state index in [2.05, 4.69) is 5.32 Å². The van der Waals surface area contributed by atoms with Crippen LogP contribution in [-0.4, -0.2) is 19.8 Å². The fourth-order valence-corrected chi connectivity index (χ4v) is 2.01. The first kappa shape index (κ1) is 11.1. The lowest BCUT2D eigenvalue weighted by Crippen LogP contribution is -2.14. The Balaban J connectivity index is 1.95. The summed E-state index contributed by atoms with van der Waals surface area (Å²) in [5.74, 6) is 0.583. The van der Waals surface area contributed by atoms with Gasteiger partial charge in [0, 0.05) is 19.1 Å². The fraction of sp³-hybridized carbons (Fsp3) is 0.455. The molecule has 0 aromatic heterocycles. The molecule has 0 amide bonds. The molecule has 0 aliphatic carbocycles. The maximum Gasteiger partial charge on any atom is 0.0823 e. The monoisotopic (exact) mass is 245 g/mol. The predicted molar refractivity (Wildman–Crippen MR) is 63.9 cm³/mol. The Bertz CT molecular complexity index is 337. The molecule has 1 aliphatic heterocycles. The Kier molecular flexibility index (Phi) is 3.73. The molecule has 1 N–H and O–H groups in total. The van der Waals surface area contributed by atoms with Gasteiger partial charge in [-0.2, -0.15) is 0 Å². The van der Waals surface area contributed by atoms with E-state index in [0.717, 1.165) is 31.9 Å². The zero-order valence-corrected chi connectivity index (χ0v) is 9.81. The first-order chi connectivity index (χ1) is 7.27. The molecular weight excluding hydrogens is 233 g/mol. The number of halogens is 2. The highest BCUT2D eigenvalue weighted by atomic mass is 35.5. The molecule has 0 saturated carbocycles. The Morgan fingerprint density at radius 1 is 1.40 bits per heavy atom. The van der Waals surface area contributed by atoms with Crippen LogP contribution in [0.15, 0.2) is 18.2 Å². The van der Waals surface area contributed by atoms with E-state index in [0.29, 0.717) is 16.0 Å². The van der Waals surface area contributed by atoms with Crippen LogP contribution in [0.5, 0.6) is 0 Å². The van der Waals surface area contributed by atoms with Gasteiger partial charge in [0.1, 0.15) is 0 Å². The van der Waals surface area contributed by atoms with Gasteiger partial charge in [-0.1, -0.05) is 29.3 Å². The molecule has 1 saturated heterocycles. The molecule has 0 radical (unpaired) electrons. The quantitative estimate of drug-likeness (QED) is 0.881. The summed E-state index contributed by atoms with van der Waals surface area (Å²) in [6, 6.07) is 5.61. The number of ether oxygens (including phenoxy) is 1. The number of nitrogens with one attached hydrogen (secondary N) is 1. The Labute approximate surface area is 99.5 Å². The number of rotatable bonds is 3. The smallest absolute Gasteiger partial charge is 0.0823 e. The third-order valence-electron chi connectivity index (χ3n) is 2.56. The summed E-state index contributed by atoms with van der Waals surface area (Å²) in [5.41, 5.74) is 0.899. The molecule has 2 rings (SSSR count). The van der Waals surface area contributed by atoms with Crippen molar-refractivity contribution in [3.8, 4) is 0 Å².